The highest BCUT2D eigenvalue weighted by Gasteiger charge is 2.29. The molecule has 0 radical (unpaired) electrons. The second-order valence-corrected chi connectivity index (χ2v) is 5.86. The van der Waals surface area contributed by atoms with Crippen LogP contribution in [0.3, 0.4) is 0 Å². The van der Waals surface area contributed by atoms with Crippen LogP contribution >= 0.6 is 22.6 Å². The Morgan fingerprint density at radius 1 is 1.47 bits per heavy atom. The number of nitrogens with zero attached hydrogens (tertiary/aromatic N) is 1. The van der Waals surface area contributed by atoms with Crippen molar-refractivity contribution >= 4 is 28.7 Å². The van der Waals surface area contributed by atoms with E-state index < -0.39 is 0 Å². The van der Waals surface area contributed by atoms with E-state index in [-0.39, 0.29) is 11.7 Å². The van der Waals surface area contributed by atoms with E-state index in [4.69, 9.17) is 4.74 Å². The van der Waals surface area contributed by atoms with Crippen molar-refractivity contribution in [3.8, 4) is 0 Å². The van der Waals surface area contributed by atoms with Gasteiger partial charge in [0, 0.05) is 17.0 Å². The second kappa shape index (κ2) is 5.37. The molecule has 0 bridgehead atoms. The Hall–Kier alpha value is 0. The Morgan fingerprint density at radius 2 is 2.13 bits per heavy atom. The molecule has 88 valence electrons. The largest absolute Gasteiger partial charge is 0.444 e. The number of amides is 1. The van der Waals surface area contributed by atoms with Gasteiger partial charge in [-0.1, -0.05) is 22.6 Å². The summed E-state index contributed by atoms with van der Waals surface area (Å²) in [5.41, 5.74) is -0.385. The van der Waals surface area contributed by atoms with Gasteiger partial charge in [0.15, 0.2) is 0 Å². The van der Waals surface area contributed by atoms with E-state index in [0.717, 1.165) is 23.8 Å². The molecule has 1 aliphatic rings. The average Bonchev–Trinajstić information content (AvgIpc) is 2.15. The SMILES string of the molecule is CC(C)(C)OC(=O)N1CCCC[C@@H]1CI. The maximum absolute atomic E-state index is 11.9. The number of halogens is 1. The van der Waals surface area contributed by atoms with Crippen molar-refractivity contribution in [2.24, 2.45) is 0 Å². The average molecular weight is 325 g/mol. The molecule has 1 rings (SSSR count). The third-order valence-corrected chi connectivity index (χ3v) is 3.45. The summed E-state index contributed by atoms with van der Waals surface area (Å²) >= 11 is 2.34. The molecule has 1 amide bonds. The van der Waals surface area contributed by atoms with Crippen LogP contribution in [0.1, 0.15) is 40.0 Å². The Balaban J connectivity index is 2.56. The minimum absolute atomic E-state index is 0.149. The van der Waals surface area contributed by atoms with Crippen molar-refractivity contribution in [3.05, 3.63) is 0 Å². The van der Waals surface area contributed by atoms with Gasteiger partial charge in [0.2, 0.25) is 0 Å². The number of carbonyl (C=O) groups excluding carboxylic acids is 1. The molecule has 0 N–H and O–H groups in total. The topological polar surface area (TPSA) is 29.5 Å². The van der Waals surface area contributed by atoms with Crippen LogP contribution in [0.2, 0.25) is 0 Å². The van der Waals surface area contributed by atoms with Crippen LogP contribution in [0.15, 0.2) is 0 Å². The summed E-state index contributed by atoms with van der Waals surface area (Å²) < 4.78 is 6.39. The Bertz CT molecular complexity index is 225. The maximum atomic E-state index is 11.9. The number of likely N-dealkylation sites (tertiary alicyclic amines) is 1. The summed E-state index contributed by atoms with van der Waals surface area (Å²) in [5, 5.41) is 0. The fourth-order valence-electron chi connectivity index (χ4n) is 1.72. The first-order valence-corrected chi connectivity index (χ1v) is 7.02. The standard InChI is InChI=1S/C11H20INO2/c1-11(2,3)15-10(14)13-7-5-4-6-9(13)8-12/h9H,4-8H2,1-3H3/t9-/m1/s1. The van der Waals surface area contributed by atoms with Crippen molar-refractivity contribution in [1.82, 2.24) is 4.90 Å². The molecule has 0 aliphatic carbocycles. The molecule has 1 atom stereocenters. The van der Waals surface area contributed by atoms with Crippen molar-refractivity contribution in [3.63, 3.8) is 0 Å². The number of hydrogen-bond acceptors (Lipinski definition) is 2. The maximum Gasteiger partial charge on any atom is 0.410 e. The van der Waals surface area contributed by atoms with Gasteiger partial charge in [0.05, 0.1) is 0 Å². The van der Waals surface area contributed by atoms with E-state index in [0.29, 0.717) is 6.04 Å². The summed E-state index contributed by atoms with van der Waals surface area (Å²) in [6.45, 7) is 6.58. The number of ether oxygens (including phenoxy) is 1. The molecular weight excluding hydrogens is 305 g/mol. The first-order chi connectivity index (χ1) is 6.94. The van der Waals surface area contributed by atoms with E-state index >= 15 is 0 Å². The zero-order chi connectivity index (χ0) is 11.5. The zero-order valence-electron chi connectivity index (χ0n) is 9.75. The molecule has 0 unspecified atom stereocenters. The number of carbonyl (C=O) groups is 1. The summed E-state index contributed by atoms with van der Waals surface area (Å²) in [4.78, 5) is 13.8. The van der Waals surface area contributed by atoms with Gasteiger partial charge in [-0.05, 0) is 40.0 Å². The zero-order valence-corrected chi connectivity index (χ0v) is 11.9. The van der Waals surface area contributed by atoms with Crippen molar-refractivity contribution in [2.75, 3.05) is 11.0 Å². The van der Waals surface area contributed by atoms with Crippen molar-refractivity contribution < 1.29 is 9.53 Å². The number of rotatable bonds is 1. The predicted molar refractivity (Wildman–Crippen MR) is 69.5 cm³/mol. The van der Waals surface area contributed by atoms with Crippen LogP contribution in [0.4, 0.5) is 4.79 Å². The van der Waals surface area contributed by atoms with Crippen LogP contribution in [0.5, 0.6) is 0 Å². The lowest BCUT2D eigenvalue weighted by molar-refractivity contribution is 0.0129. The molecule has 0 aromatic rings. The van der Waals surface area contributed by atoms with Crippen LogP contribution in [0, 0.1) is 0 Å². The molecule has 1 heterocycles. The highest BCUT2D eigenvalue weighted by atomic mass is 127. The third kappa shape index (κ3) is 4.17. The van der Waals surface area contributed by atoms with Gasteiger partial charge < -0.3 is 9.64 Å². The molecule has 0 saturated carbocycles. The van der Waals surface area contributed by atoms with Gasteiger partial charge in [0.25, 0.3) is 0 Å². The highest BCUT2D eigenvalue weighted by molar-refractivity contribution is 14.1. The lowest BCUT2D eigenvalue weighted by Crippen LogP contribution is -2.46. The van der Waals surface area contributed by atoms with Crippen LogP contribution in [-0.4, -0.2) is 33.6 Å². The molecule has 1 saturated heterocycles. The van der Waals surface area contributed by atoms with E-state index in [9.17, 15) is 4.79 Å². The highest BCUT2D eigenvalue weighted by Crippen LogP contribution is 2.21. The van der Waals surface area contributed by atoms with Crippen LogP contribution < -0.4 is 0 Å². The van der Waals surface area contributed by atoms with Crippen LogP contribution in [-0.2, 0) is 4.74 Å². The van der Waals surface area contributed by atoms with Gasteiger partial charge in [-0.3, -0.25) is 0 Å². The molecule has 1 fully saturated rings. The molecule has 0 aromatic carbocycles. The minimum Gasteiger partial charge on any atom is -0.444 e. The first kappa shape index (κ1) is 13.1. The fraction of sp³-hybridized carbons (Fsp3) is 0.909. The number of alkyl halides is 1. The van der Waals surface area contributed by atoms with Gasteiger partial charge in [0.1, 0.15) is 5.60 Å². The van der Waals surface area contributed by atoms with E-state index in [1.165, 1.54) is 6.42 Å². The lowest BCUT2D eigenvalue weighted by Gasteiger charge is -2.35. The molecular formula is C11H20INO2. The van der Waals surface area contributed by atoms with Gasteiger partial charge in [-0.2, -0.15) is 0 Å². The predicted octanol–water partition coefficient (Wildman–Crippen LogP) is 3.21. The smallest absolute Gasteiger partial charge is 0.410 e. The van der Waals surface area contributed by atoms with Gasteiger partial charge in [-0.15, -0.1) is 0 Å². The quantitative estimate of drug-likeness (QED) is 0.547. The van der Waals surface area contributed by atoms with Gasteiger partial charge >= 0.3 is 6.09 Å². The molecule has 4 heteroatoms. The summed E-state index contributed by atoms with van der Waals surface area (Å²) in [6.07, 6.45) is 3.30. The van der Waals surface area contributed by atoms with Crippen molar-refractivity contribution in [2.45, 2.75) is 51.7 Å². The summed E-state index contributed by atoms with van der Waals surface area (Å²) in [7, 11) is 0. The molecule has 3 nitrogen and oxygen atoms in total. The lowest BCUT2D eigenvalue weighted by atomic mass is 10.0. The summed E-state index contributed by atoms with van der Waals surface area (Å²) in [5.74, 6) is 0. The monoisotopic (exact) mass is 325 g/mol. The summed E-state index contributed by atoms with van der Waals surface area (Å²) in [6, 6.07) is 0.370. The molecule has 0 aromatic heterocycles. The second-order valence-electron chi connectivity index (χ2n) is 4.98. The normalized spacial score (nSPS) is 22.7. The van der Waals surface area contributed by atoms with E-state index in [2.05, 4.69) is 22.6 Å². The fourth-order valence-corrected chi connectivity index (χ4v) is 2.64. The Kier molecular flexibility index (Phi) is 4.67. The molecule has 15 heavy (non-hydrogen) atoms. The Labute approximate surface area is 106 Å². The van der Waals surface area contributed by atoms with Crippen LogP contribution in [0.25, 0.3) is 0 Å². The Morgan fingerprint density at radius 3 is 2.67 bits per heavy atom. The first-order valence-electron chi connectivity index (χ1n) is 5.49. The number of hydrogen-bond donors (Lipinski definition) is 0. The van der Waals surface area contributed by atoms with Crippen molar-refractivity contribution in [1.29, 1.82) is 0 Å². The van der Waals surface area contributed by atoms with E-state index in [1.807, 2.05) is 25.7 Å². The molecule has 1 aliphatic heterocycles. The number of piperidine rings is 1. The minimum atomic E-state index is -0.385. The van der Waals surface area contributed by atoms with Gasteiger partial charge in [-0.25, -0.2) is 4.79 Å². The molecule has 0 spiro atoms. The third-order valence-electron chi connectivity index (χ3n) is 2.43. The van der Waals surface area contributed by atoms with E-state index in [1.54, 1.807) is 0 Å².